The molecular weight excluding hydrogens is 432 g/mol. The smallest absolute Gasteiger partial charge is 0.269 e. The molecule has 0 atom stereocenters. The Balaban J connectivity index is 1.22. The maximum Gasteiger partial charge on any atom is 0.269 e. The Kier molecular flexibility index (Phi) is 7.70. The maximum absolute atomic E-state index is 12.3. The number of aromatic nitrogens is 1. The zero-order valence-corrected chi connectivity index (χ0v) is 18.9. The van der Waals surface area contributed by atoms with Crippen molar-refractivity contribution in [2.24, 2.45) is 5.92 Å². The summed E-state index contributed by atoms with van der Waals surface area (Å²) in [6.07, 6.45) is 6.71. The molecule has 1 saturated carbocycles. The second kappa shape index (κ2) is 11.3. The van der Waals surface area contributed by atoms with Crippen LogP contribution in [0.5, 0.6) is 5.75 Å². The van der Waals surface area contributed by atoms with Crippen LogP contribution in [-0.4, -0.2) is 29.3 Å². The number of pyridine rings is 1. The van der Waals surface area contributed by atoms with Crippen molar-refractivity contribution in [1.29, 1.82) is 0 Å². The first-order valence-corrected chi connectivity index (χ1v) is 11.5. The van der Waals surface area contributed by atoms with Gasteiger partial charge in [0.25, 0.3) is 11.8 Å². The second-order valence-electron chi connectivity index (χ2n) is 8.37. The molecule has 176 valence electrons. The molecule has 0 spiro atoms. The summed E-state index contributed by atoms with van der Waals surface area (Å²) in [4.78, 5) is 40.8. The van der Waals surface area contributed by atoms with Gasteiger partial charge in [0.1, 0.15) is 17.9 Å². The van der Waals surface area contributed by atoms with Gasteiger partial charge in [0.05, 0.1) is 6.54 Å². The summed E-state index contributed by atoms with van der Waals surface area (Å²) in [5, 5.41) is 3.64. The van der Waals surface area contributed by atoms with E-state index in [-0.39, 0.29) is 18.4 Å². The van der Waals surface area contributed by atoms with Gasteiger partial charge in [-0.25, -0.2) is 0 Å². The molecule has 0 saturated heterocycles. The van der Waals surface area contributed by atoms with E-state index in [1.54, 1.807) is 30.5 Å². The molecule has 34 heavy (non-hydrogen) atoms. The Hall–Kier alpha value is -3.94. The van der Waals surface area contributed by atoms with Crippen LogP contribution in [0, 0.1) is 5.92 Å². The highest BCUT2D eigenvalue weighted by molar-refractivity contribution is 5.96. The standard InChI is InChI=1S/C26H28N4O4/c31-23(16-28-25(32)20-6-2-1-3-7-20)29-30-26(33)21-13-11-18(12-14-21)17-34-22-10-4-8-19-9-5-15-27-24(19)22/h4-5,8-15,20H,1-3,6-7,16-17H2,(H,28,32)(H,29,31)(H,30,33). The van der Waals surface area contributed by atoms with E-state index in [1.165, 1.54) is 0 Å². The Labute approximate surface area is 198 Å². The van der Waals surface area contributed by atoms with E-state index in [0.29, 0.717) is 17.9 Å². The third kappa shape index (κ3) is 6.10. The first-order valence-electron chi connectivity index (χ1n) is 11.5. The van der Waals surface area contributed by atoms with Crippen molar-refractivity contribution in [3.05, 3.63) is 71.9 Å². The van der Waals surface area contributed by atoms with E-state index in [0.717, 1.165) is 48.6 Å². The Bertz CT molecular complexity index is 1150. The number of nitrogens with zero attached hydrogens (tertiary/aromatic N) is 1. The van der Waals surface area contributed by atoms with Gasteiger partial charge in [-0.1, -0.05) is 49.6 Å². The van der Waals surface area contributed by atoms with Crippen LogP contribution in [0.2, 0.25) is 0 Å². The summed E-state index contributed by atoms with van der Waals surface area (Å²) in [6, 6.07) is 16.5. The van der Waals surface area contributed by atoms with Crippen molar-refractivity contribution < 1.29 is 19.1 Å². The van der Waals surface area contributed by atoms with E-state index in [9.17, 15) is 14.4 Å². The van der Waals surface area contributed by atoms with Gasteiger partial charge in [-0.15, -0.1) is 0 Å². The van der Waals surface area contributed by atoms with Crippen LogP contribution in [0.3, 0.4) is 0 Å². The zero-order chi connectivity index (χ0) is 23.8. The highest BCUT2D eigenvalue weighted by Gasteiger charge is 2.21. The van der Waals surface area contributed by atoms with E-state index in [2.05, 4.69) is 21.2 Å². The largest absolute Gasteiger partial charge is 0.487 e. The number of carbonyl (C=O) groups excluding carboxylic acids is 3. The molecular formula is C26H28N4O4. The number of benzene rings is 2. The van der Waals surface area contributed by atoms with Crippen LogP contribution < -0.4 is 20.9 Å². The fourth-order valence-corrected chi connectivity index (χ4v) is 4.03. The summed E-state index contributed by atoms with van der Waals surface area (Å²) in [7, 11) is 0. The predicted octanol–water partition coefficient (Wildman–Crippen LogP) is 3.27. The van der Waals surface area contributed by atoms with Gasteiger partial charge in [-0.3, -0.25) is 30.2 Å². The molecule has 2 aromatic carbocycles. The lowest BCUT2D eigenvalue weighted by Crippen LogP contribution is -2.47. The monoisotopic (exact) mass is 460 g/mol. The molecule has 4 rings (SSSR count). The van der Waals surface area contributed by atoms with E-state index in [4.69, 9.17) is 4.74 Å². The highest BCUT2D eigenvalue weighted by Crippen LogP contribution is 2.24. The van der Waals surface area contributed by atoms with Crippen LogP contribution in [0.1, 0.15) is 48.0 Å². The fraction of sp³-hybridized carbons (Fsp3) is 0.308. The summed E-state index contributed by atoms with van der Waals surface area (Å²) in [5.41, 5.74) is 6.78. The Morgan fingerprint density at radius 1 is 0.912 bits per heavy atom. The van der Waals surface area contributed by atoms with E-state index < -0.39 is 11.8 Å². The molecule has 3 aromatic rings. The number of carbonyl (C=O) groups is 3. The van der Waals surface area contributed by atoms with E-state index in [1.807, 2.05) is 30.3 Å². The molecule has 3 N–H and O–H groups in total. The molecule has 1 aromatic heterocycles. The van der Waals surface area contributed by atoms with Crippen LogP contribution in [0.25, 0.3) is 10.9 Å². The van der Waals surface area contributed by atoms with Crippen molar-refractivity contribution >= 4 is 28.6 Å². The second-order valence-corrected chi connectivity index (χ2v) is 8.37. The van der Waals surface area contributed by atoms with Gasteiger partial charge >= 0.3 is 0 Å². The third-order valence-corrected chi connectivity index (χ3v) is 5.92. The number of nitrogens with one attached hydrogen (secondary N) is 3. The van der Waals surface area contributed by atoms with Gasteiger partial charge < -0.3 is 10.1 Å². The quantitative estimate of drug-likeness (QED) is 0.469. The average molecular weight is 461 g/mol. The molecule has 3 amide bonds. The molecule has 1 heterocycles. The molecule has 0 aliphatic heterocycles. The number of hydrazine groups is 1. The molecule has 0 radical (unpaired) electrons. The number of rotatable bonds is 7. The number of ether oxygens (including phenoxy) is 1. The van der Waals surface area contributed by atoms with Crippen molar-refractivity contribution in [1.82, 2.24) is 21.2 Å². The topological polar surface area (TPSA) is 109 Å². The van der Waals surface area contributed by atoms with Crippen LogP contribution in [0.15, 0.2) is 60.8 Å². The van der Waals surface area contributed by atoms with Crippen molar-refractivity contribution in [3.63, 3.8) is 0 Å². The summed E-state index contributed by atoms with van der Waals surface area (Å²) in [6.45, 7) is 0.157. The third-order valence-electron chi connectivity index (χ3n) is 5.92. The molecule has 1 aliphatic carbocycles. The molecule has 1 fully saturated rings. The Morgan fingerprint density at radius 2 is 1.68 bits per heavy atom. The molecule has 8 nitrogen and oxygen atoms in total. The first kappa shape index (κ1) is 23.2. The lowest BCUT2D eigenvalue weighted by atomic mass is 9.89. The Morgan fingerprint density at radius 3 is 2.47 bits per heavy atom. The molecule has 0 unspecified atom stereocenters. The minimum absolute atomic E-state index is 0.0180. The number of fused-ring (bicyclic) bond motifs is 1. The predicted molar refractivity (Wildman–Crippen MR) is 128 cm³/mol. The van der Waals surface area contributed by atoms with Gasteiger partial charge in [0.15, 0.2) is 0 Å². The summed E-state index contributed by atoms with van der Waals surface area (Å²) in [5.74, 6) is -0.351. The maximum atomic E-state index is 12.3. The number of hydrogen-bond donors (Lipinski definition) is 3. The highest BCUT2D eigenvalue weighted by atomic mass is 16.5. The molecule has 8 heteroatoms. The number of para-hydroxylation sites is 1. The summed E-state index contributed by atoms with van der Waals surface area (Å²) >= 11 is 0. The van der Waals surface area contributed by atoms with Crippen molar-refractivity contribution in [2.75, 3.05) is 6.54 Å². The van der Waals surface area contributed by atoms with E-state index >= 15 is 0 Å². The van der Waals surface area contributed by atoms with Gasteiger partial charge in [-0.2, -0.15) is 0 Å². The van der Waals surface area contributed by atoms with Crippen LogP contribution in [0.4, 0.5) is 0 Å². The van der Waals surface area contributed by atoms with Crippen molar-refractivity contribution in [2.45, 2.75) is 38.7 Å². The lowest BCUT2D eigenvalue weighted by molar-refractivity contribution is -0.129. The normalized spacial score (nSPS) is 13.8. The first-order chi connectivity index (χ1) is 16.6. The minimum atomic E-state index is -0.480. The zero-order valence-electron chi connectivity index (χ0n) is 18.9. The SMILES string of the molecule is O=C(CNC(=O)C1CCCCC1)NNC(=O)c1ccc(COc2cccc3cccnc23)cc1. The van der Waals surface area contributed by atoms with Gasteiger partial charge in [0.2, 0.25) is 5.91 Å². The lowest BCUT2D eigenvalue weighted by Gasteiger charge is -2.20. The average Bonchev–Trinajstić information content (AvgIpc) is 2.90. The van der Waals surface area contributed by atoms with Crippen LogP contribution in [-0.2, 0) is 16.2 Å². The van der Waals surface area contributed by atoms with Crippen molar-refractivity contribution in [3.8, 4) is 5.75 Å². The fourth-order valence-electron chi connectivity index (χ4n) is 4.03. The van der Waals surface area contributed by atoms with Crippen LogP contribution >= 0.6 is 0 Å². The molecule has 0 bridgehead atoms. The number of hydrogen-bond acceptors (Lipinski definition) is 5. The van der Waals surface area contributed by atoms with Gasteiger partial charge in [0, 0.05) is 23.1 Å². The summed E-state index contributed by atoms with van der Waals surface area (Å²) < 4.78 is 5.92. The van der Waals surface area contributed by atoms with Gasteiger partial charge in [-0.05, 0) is 42.7 Å². The minimum Gasteiger partial charge on any atom is -0.487 e. The molecule has 1 aliphatic rings. The number of amides is 3.